The van der Waals surface area contributed by atoms with Crippen LogP contribution in [0.1, 0.15) is 602 Å². The van der Waals surface area contributed by atoms with Gasteiger partial charge in [-0.1, -0.05) is 308 Å². The highest BCUT2D eigenvalue weighted by molar-refractivity contribution is 5.78. The minimum Gasteiger partial charge on any atom is -0.459 e. The molecule has 0 aromatic carbocycles. The number of hydrogen-bond acceptors (Lipinski definition) is 14. The Morgan fingerprint density at radius 2 is 0.511 bits per heavy atom. The Morgan fingerprint density at radius 1 is 0.271 bits per heavy atom. The predicted molar refractivity (Wildman–Crippen MR) is 583 cm³/mol. The Kier molecular flexibility index (Phi) is 70.7. The number of carbonyl (C=O) groups is 7. The van der Waals surface area contributed by atoms with Crippen LogP contribution >= 0.6 is 0 Å². The third-order valence-electron chi connectivity index (χ3n) is 35.9. The molecular weight excluding hydrogens is 1650 g/mol. The SMILES string of the molecule is C.C.C.C.C.C.C.C.C.C.C.C.C.C.CCC(C)(C)C(=O)OC1(C)CC2CCC1(C)C2(C)C.CCC(C)(C)C(=O)OC1(C)CCCCCC1.CCC(C)C(=O)OC1(C)C2(C)CCC(C2)C1(C)C.CCC(C)C(=O)OC1(C)CC2CCC1(C)C2(C)C.CCC(C)C(=O)OC1(C)CCCCCC1.CCC(C)C(=O)OC1(CC)CCCCCC1.CCC1(OC(=O)C(C)(C)CC)CCCCCC1. The average molecular weight is 1900 g/mol. The molecule has 10 aliphatic carbocycles. The lowest BCUT2D eigenvalue weighted by molar-refractivity contribution is -0.197. The summed E-state index contributed by atoms with van der Waals surface area (Å²) in [7, 11) is 0. The van der Waals surface area contributed by atoms with Gasteiger partial charge in [-0.05, 0) is 323 Å². The maximum atomic E-state index is 12.5. The minimum absolute atomic E-state index is 0. The van der Waals surface area contributed by atoms with Gasteiger partial charge in [0, 0.05) is 21.7 Å². The van der Waals surface area contributed by atoms with Crippen molar-refractivity contribution in [3.63, 3.8) is 0 Å². The van der Waals surface area contributed by atoms with Gasteiger partial charge in [-0.25, -0.2) is 0 Å². The van der Waals surface area contributed by atoms with Crippen molar-refractivity contribution in [2.45, 2.75) is 641 Å². The first-order valence-electron chi connectivity index (χ1n) is 49.5. The van der Waals surface area contributed by atoms with Crippen LogP contribution in [-0.2, 0) is 66.7 Å². The van der Waals surface area contributed by atoms with Gasteiger partial charge in [0.25, 0.3) is 0 Å². The van der Waals surface area contributed by atoms with Crippen LogP contribution < -0.4 is 0 Å². The number of fused-ring (bicyclic) bond motifs is 6. The highest BCUT2D eigenvalue weighted by atomic mass is 16.6. The molecule has 0 amide bonds. The fourth-order valence-corrected chi connectivity index (χ4v) is 21.6. The van der Waals surface area contributed by atoms with Crippen LogP contribution in [0.25, 0.3) is 0 Å². The van der Waals surface area contributed by atoms with Crippen LogP contribution in [0.2, 0.25) is 0 Å². The molecule has 0 aromatic heterocycles. The third kappa shape index (κ3) is 36.3. The topological polar surface area (TPSA) is 184 Å². The van der Waals surface area contributed by atoms with Gasteiger partial charge >= 0.3 is 41.8 Å². The Labute approximate surface area is 835 Å². The van der Waals surface area contributed by atoms with Gasteiger partial charge in [0.15, 0.2) is 0 Å². The predicted octanol–water partition coefficient (Wildman–Crippen LogP) is 38.2. The number of rotatable bonds is 23. The highest BCUT2D eigenvalue weighted by Crippen LogP contribution is 2.73. The number of carbonyl (C=O) groups excluding carboxylic acids is 7. The average Bonchev–Trinajstić information content (AvgIpc) is 1.54. The van der Waals surface area contributed by atoms with E-state index in [-0.39, 0.29) is 257 Å². The molecule has 133 heavy (non-hydrogen) atoms. The molecule has 14 nitrogen and oxygen atoms in total. The lowest BCUT2D eigenvalue weighted by atomic mass is 9.61. The molecule has 806 valence electrons. The molecule has 0 heterocycles. The Morgan fingerprint density at radius 3 is 0.774 bits per heavy atom. The summed E-state index contributed by atoms with van der Waals surface area (Å²) >= 11 is 0. The van der Waals surface area contributed by atoms with E-state index in [1.807, 2.05) is 111 Å². The second-order valence-electron chi connectivity index (χ2n) is 45.6. The lowest BCUT2D eigenvalue weighted by Crippen LogP contribution is -2.55. The van der Waals surface area contributed by atoms with Crippen molar-refractivity contribution in [3.05, 3.63) is 0 Å². The monoisotopic (exact) mass is 1900 g/mol. The van der Waals surface area contributed by atoms with E-state index in [4.69, 9.17) is 33.2 Å². The normalized spacial score (nSPS) is 27.8. The van der Waals surface area contributed by atoms with Crippen molar-refractivity contribution in [1.29, 1.82) is 0 Å². The lowest BCUT2D eigenvalue weighted by Gasteiger charge is -2.51. The fraction of sp³-hybridized carbons (Fsp3) is 0.941. The van der Waals surface area contributed by atoms with E-state index in [2.05, 4.69) is 118 Å². The largest absolute Gasteiger partial charge is 0.459 e. The third-order valence-corrected chi connectivity index (χ3v) is 35.9. The highest BCUT2D eigenvalue weighted by Gasteiger charge is 2.71. The first-order valence-corrected chi connectivity index (χ1v) is 49.5. The molecule has 13 unspecified atom stereocenters. The van der Waals surface area contributed by atoms with Crippen molar-refractivity contribution in [3.8, 4) is 0 Å². The first-order chi connectivity index (χ1) is 54.9. The van der Waals surface area contributed by atoms with E-state index >= 15 is 0 Å². The molecule has 14 heteroatoms. The van der Waals surface area contributed by atoms with Gasteiger partial charge in [-0.15, -0.1) is 0 Å². The van der Waals surface area contributed by atoms with Gasteiger partial charge in [0.2, 0.25) is 0 Å². The quantitative estimate of drug-likeness (QED) is 0.0535. The molecular formula is C119H246O14. The zero-order valence-electron chi connectivity index (χ0n) is 84.0. The summed E-state index contributed by atoms with van der Waals surface area (Å²) in [4.78, 5) is 84.7. The standard InChI is InChI=1S/C17H30O2.2C16H28O2.C15H28O2.2C14H26O2.C13H24O2.14CH4/c1-8-14(2,3)13(18)19-17(7)11-12-9-10-16(17,6)15(12,4)5;1-7-11(2)13(17)18-16(6)10-12-8-9-15(16,5)14(12,3)4;1-7-11(2)13(17)18-16(6)14(3,4)12-8-9-15(16,5)10-12;1-5-14(3,4)13(16)17-15(6-2)11-9-7-8-10-12-15;1-5-13(2,3)12(15)16-14(4)10-8-6-7-9-11-14;1-4-12(3)13(15)16-14(5-2)10-8-6-7-9-11-14;1-4-11(2)12(14)15-13(3)9-7-5-6-8-10-13;;;;;;;;;;;;;;/h12H,8-11H2,1-7H3;2*11-12H,7-10H2,1-6H3;5-12H2,1-4H3;5-11H2,1-4H3;12H,4-11H2,1-3H3;11H,4-10H2,1-3H3;14*1H4. The van der Waals surface area contributed by atoms with Crippen LogP contribution in [0.4, 0.5) is 0 Å². The Balaban J connectivity index is -0.000000143. The summed E-state index contributed by atoms with van der Waals surface area (Å²) in [6.07, 6.45) is 46.9. The molecule has 10 saturated carbocycles. The number of ether oxygens (including phenoxy) is 7. The van der Waals surface area contributed by atoms with Gasteiger partial charge in [0.1, 0.15) is 39.2 Å². The molecule has 10 aliphatic rings. The number of hydrogen-bond donors (Lipinski definition) is 0. The van der Waals surface area contributed by atoms with E-state index in [9.17, 15) is 33.6 Å². The smallest absolute Gasteiger partial charge is 0.312 e. The van der Waals surface area contributed by atoms with Crippen molar-refractivity contribution in [2.75, 3.05) is 0 Å². The molecule has 0 radical (unpaired) electrons. The zero-order valence-corrected chi connectivity index (χ0v) is 84.0. The molecule has 0 aliphatic heterocycles. The van der Waals surface area contributed by atoms with E-state index in [1.165, 1.54) is 148 Å². The van der Waals surface area contributed by atoms with Crippen LogP contribution in [0.15, 0.2) is 0 Å². The summed E-state index contributed by atoms with van der Waals surface area (Å²) in [5.74, 6) is 2.14. The summed E-state index contributed by atoms with van der Waals surface area (Å²) in [6, 6.07) is 0. The van der Waals surface area contributed by atoms with E-state index < -0.39 is 0 Å². The van der Waals surface area contributed by atoms with Crippen molar-refractivity contribution >= 4 is 41.8 Å². The molecule has 0 saturated heterocycles. The van der Waals surface area contributed by atoms with Crippen LogP contribution in [-0.4, -0.2) is 81.0 Å². The Hall–Kier alpha value is -3.71. The van der Waals surface area contributed by atoms with Crippen molar-refractivity contribution in [1.82, 2.24) is 0 Å². The molecule has 6 bridgehead atoms. The molecule has 0 N–H and O–H groups in total. The van der Waals surface area contributed by atoms with E-state index in [0.29, 0.717) is 17.8 Å². The second kappa shape index (κ2) is 61.9. The minimum atomic E-state index is -0.370. The zero-order chi connectivity index (χ0) is 90.7. The summed E-state index contributed by atoms with van der Waals surface area (Å²) in [5.41, 5.74) is -1.52. The van der Waals surface area contributed by atoms with Gasteiger partial charge in [-0.3, -0.25) is 33.6 Å². The maximum absolute atomic E-state index is 12.5. The van der Waals surface area contributed by atoms with Gasteiger partial charge in [0.05, 0.1) is 39.9 Å². The number of esters is 7. The fourth-order valence-electron chi connectivity index (χ4n) is 21.6. The van der Waals surface area contributed by atoms with E-state index in [1.54, 1.807) is 0 Å². The van der Waals surface area contributed by atoms with Crippen molar-refractivity contribution in [2.24, 2.45) is 90.2 Å². The Bertz CT molecular complexity index is 3170. The molecule has 0 aromatic rings. The van der Waals surface area contributed by atoms with Crippen LogP contribution in [0.3, 0.4) is 0 Å². The van der Waals surface area contributed by atoms with Crippen LogP contribution in [0.5, 0.6) is 0 Å². The van der Waals surface area contributed by atoms with Gasteiger partial charge in [-0.2, -0.15) is 0 Å². The summed E-state index contributed by atoms with van der Waals surface area (Å²) in [5, 5.41) is 0. The molecule has 10 fully saturated rings. The maximum Gasteiger partial charge on any atom is 0.312 e. The molecule has 10 rings (SSSR count). The van der Waals surface area contributed by atoms with Crippen molar-refractivity contribution < 1.29 is 66.7 Å². The summed E-state index contributed by atoms with van der Waals surface area (Å²) in [6.45, 7) is 69.9. The van der Waals surface area contributed by atoms with Crippen LogP contribution in [0, 0.1) is 90.2 Å². The first kappa shape index (κ1) is 152. The van der Waals surface area contributed by atoms with E-state index in [0.717, 1.165) is 122 Å². The summed E-state index contributed by atoms with van der Waals surface area (Å²) < 4.78 is 41.3. The second-order valence-corrected chi connectivity index (χ2v) is 45.6. The molecule has 0 spiro atoms. The molecule has 13 atom stereocenters. The van der Waals surface area contributed by atoms with Gasteiger partial charge < -0.3 is 33.2 Å².